The summed E-state index contributed by atoms with van der Waals surface area (Å²) >= 11 is 0. The molecule has 1 aromatic rings. The molecular formula is C24H33N3O5. The third-order valence-corrected chi connectivity index (χ3v) is 6.12. The summed E-state index contributed by atoms with van der Waals surface area (Å²) < 4.78 is 0. The van der Waals surface area contributed by atoms with Gasteiger partial charge in [0.2, 0.25) is 11.8 Å². The number of carbonyl (C=O) groups excluding carboxylic acids is 4. The highest BCUT2D eigenvalue weighted by molar-refractivity contribution is 6.25. The molecule has 32 heavy (non-hydrogen) atoms. The topological polar surface area (TPSA) is 116 Å². The first kappa shape index (κ1) is 23.9. The molecule has 3 N–H and O–H groups in total. The minimum absolute atomic E-state index is 0.109. The minimum atomic E-state index is -0.948. The first-order valence-electron chi connectivity index (χ1n) is 11.7. The Balaban J connectivity index is 1.47. The molecule has 1 unspecified atom stereocenters. The average Bonchev–Trinajstić information content (AvgIpc) is 3.03. The molecule has 0 aliphatic carbocycles. The summed E-state index contributed by atoms with van der Waals surface area (Å²) in [5.74, 6) is -1.95. The first-order chi connectivity index (χ1) is 15.5. The zero-order valence-electron chi connectivity index (χ0n) is 18.5. The van der Waals surface area contributed by atoms with E-state index in [2.05, 4.69) is 10.6 Å². The summed E-state index contributed by atoms with van der Waals surface area (Å²) in [6, 6.07) is 4.17. The van der Waals surface area contributed by atoms with E-state index in [4.69, 9.17) is 5.11 Å². The molecule has 0 radical (unpaired) electrons. The van der Waals surface area contributed by atoms with E-state index in [1.54, 1.807) is 18.2 Å². The number of piperidine rings is 1. The predicted octanol–water partition coefficient (Wildman–Crippen LogP) is 3.00. The van der Waals surface area contributed by atoms with Gasteiger partial charge in [0, 0.05) is 25.3 Å². The molecule has 0 aromatic heterocycles. The van der Waals surface area contributed by atoms with Gasteiger partial charge in [0.15, 0.2) is 0 Å². The lowest BCUT2D eigenvalue weighted by molar-refractivity contribution is -0.136. The number of nitrogens with one attached hydrogen (secondary N) is 2. The minimum Gasteiger partial charge on any atom is -0.396 e. The van der Waals surface area contributed by atoms with Gasteiger partial charge >= 0.3 is 0 Å². The number of carbonyl (C=O) groups is 4. The maximum Gasteiger partial charge on any atom is 0.264 e. The summed E-state index contributed by atoms with van der Waals surface area (Å²) in [4.78, 5) is 50.5. The molecule has 0 bridgehead atoms. The summed E-state index contributed by atoms with van der Waals surface area (Å²) in [7, 11) is 0. The van der Waals surface area contributed by atoms with Crippen LogP contribution < -0.4 is 10.6 Å². The van der Waals surface area contributed by atoms with E-state index < -0.39 is 23.8 Å². The molecule has 1 fully saturated rings. The van der Waals surface area contributed by atoms with E-state index in [0.29, 0.717) is 23.4 Å². The average molecular weight is 444 g/mol. The lowest BCUT2D eigenvalue weighted by Gasteiger charge is -2.27. The molecule has 174 valence electrons. The van der Waals surface area contributed by atoms with E-state index in [1.807, 2.05) is 0 Å². The second kappa shape index (κ2) is 11.8. The van der Waals surface area contributed by atoms with Crippen molar-refractivity contribution in [3.63, 3.8) is 0 Å². The molecular weight excluding hydrogens is 410 g/mol. The number of benzene rings is 1. The van der Waals surface area contributed by atoms with Crippen molar-refractivity contribution in [2.24, 2.45) is 0 Å². The van der Waals surface area contributed by atoms with Crippen molar-refractivity contribution >= 4 is 29.3 Å². The number of hydrogen-bond donors (Lipinski definition) is 3. The first-order valence-corrected chi connectivity index (χ1v) is 11.7. The standard InChI is InChI=1S/C24H33N3O5/c28-16-9-7-5-3-1-2-4-6-8-15-25-18-12-10-11-17-21(18)24(32)27(23(17)31)19-13-14-20(29)26-22(19)30/h10-12,19,25,28H,1-9,13-16H2,(H,26,29,30). The number of fused-ring (bicyclic) bond motifs is 1. The summed E-state index contributed by atoms with van der Waals surface area (Å²) in [5, 5.41) is 14.3. The van der Waals surface area contributed by atoms with Crippen LogP contribution in [0.1, 0.15) is 91.3 Å². The number of nitrogens with zero attached hydrogens (tertiary/aromatic N) is 1. The molecule has 2 heterocycles. The maximum absolute atomic E-state index is 13.0. The van der Waals surface area contributed by atoms with Crippen molar-refractivity contribution in [2.45, 2.75) is 76.7 Å². The number of imide groups is 2. The van der Waals surface area contributed by atoms with E-state index >= 15 is 0 Å². The van der Waals surface area contributed by atoms with Crippen LogP contribution in [0.3, 0.4) is 0 Å². The second-order valence-corrected chi connectivity index (χ2v) is 8.51. The third-order valence-electron chi connectivity index (χ3n) is 6.12. The van der Waals surface area contributed by atoms with Crippen LogP contribution in [0.5, 0.6) is 0 Å². The molecule has 2 aliphatic heterocycles. The van der Waals surface area contributed by atoms with Crippen LogP contribution in [0.4, 0.5) is 5.69 Å². The van der Waals surface area contributed by atoms with Crippen molar-refractivity contribution < 1.29 is 24.3 Å². The van der Waals surface area contributed by atoms with Crippen molar-refractivity contribution in [3.05, 3.63) is 29.3 Å². The highest BCUT2D eigenvalue weighted by Crippen LogP contribution is 2.32. The van der Waals surface area contributed by atoms with Crippen LogP contribution in [-0.4, -0.2) is 52.8 Å². The predicted molar refractivity (Wildman–Crippen MR) is 120 cm³/mol. The molecule has 0 saturated carbocycles. The molecule has 1 aromatic carbocycles. The van der Waals surface area contributed by atoms with Gasteiger partial charge in [-0.05, 0) is 31.4 Å². The van der Waals surface area contributed by atoms with Crippen LogP contribution in [0.25, 0.3) is 0 Å². The molecule has 8 heteroatoms. The summed E-state index contributed by atoms with van der Waals surface area (Å²) in [6.07, 6.45) is 10.3. The fraction of sp³-hybridized carbons (Fsp3) is 0.583. The monoisotopic (exact) mass is 443 g/mol. The quantitative estimate of drug-likeness (QED) is 0.319. The smallest absolute Gasteiger partial charge is 0.264 e. The highest BCUT2D eigenvalue weighted by atomic mass is 16.3. The van der Waals surface area contributed by atoms with E-state index in [0.717, 1.165) is 37.0 Å². The van der Waals surface area contributed by atoms with Gasteiger partial charge in [0.1, 0.15) is 6.04 Å². The van der Waals surface area contributed by atoms with Gasteiger partial charge in [-0.3, -0.25) is 29.4 Å². The zero-order valence-corrected chi connectivity index (χ0v) is 18.5. The van der Waals surface area contributed by atoms with Gasteiger partial charge in [-0.25, -0.2) is 0 Å². The van der Waals surface area contributed by atoms with Crippen LogP contribution in [0, 0.1) is 0 Å². The Bertz CT molecular complexity index is 854. The maximum atomic E-state index is 13.0. The van der Waals surface area contributed by atoms with E-state index in [-0.39, 0.29) is 25.4 Å². The molecule has 2 aliphatic rings. The van der Waals surface area contributed by atoms with Gasteiger partial charge in [0.25, 0.3) is 11.8 Å². The SMILES string of the molecule is O=C1CCC(N2C(=O)c3cccc(NCCCCCCCCCCCO)c3C2=O)C(=O)N1. The second-order valence-electron chi connectivity index (χ2n) is 8.51. The molecule has 1 saturated heterocycles. The normalized spacial score (nSPS) is 18.2. The van der Waals surface area contributed by atoms with Crippen molar-refractivity contribution in [1.29, 1.82) is 0 Å². The largest absolute Gasteiger partial charge is 0.396 e. The van der Waals surface area contributed by atoms with Crippen molar-refractivity contribution in [3.8, 4) is 0 Å². The van der Waals surface area contributed by atoms with Crippen LogP contribution >= 0.6 is 0 Å². The fourth-order valence-corrected chi connectivity index (χ4v) is 4.36. The Morgan fingerprint density at radius 3 is 2.22 bits per heavy atom. The Morgan fingerprint density at radius 1 is 0.906 bits per heavy atom. The number of aliphatic hydroxyl groups excluding tert-OH is 1. The molecule has 0 spiro atoms. The van der Waals surface area contributed by atoms with Crippen molar-refractivity contribution in [2.75, 3.05) is 18.5 Å². The highest BCUT2D eigenvalue weighted by Gasteiger charge is 2.45. The van der Waals surface area contributed by atoms with Crippen molar-refractivity contribution in [1.82, 2.24) is 10.2 Å². The van der Waals surface area contributed by atoms with Gasteiger partial charge in [-0.2, -0.15) is 0 Å². The number of aliphatic hydroxyl groups is 1. The van der Waals surface area contributed by atoms with Crippen LogP contribution in [0.15, 0.2) is 18.2 Å². The number of hydrogen-bond acceptors (Lipinski definition) is 6. The zero-order chi connectivity index (χ0) is 22.9. The lowest BCUT2D eigenvalue weighted by atomic mass is 10.0. The Kier molecular flexibility index (Phi) is 8.79. The van der Waals surface area contributed by atoms with Gasteiger partial charge in [0.05, 0.1) is 11.1 Å². The van der Waals surface area contributed by atoms with Crippen LogP contribution in [-0.2, 0) is 9.59 Å². The molecule has 4 amide bonds. The Morgan fingerprint density at radius 2 is 1.56 bits per heavy atom. The fourth-order valence-electron chi connectivity index (χ4n) is 4.36. The molecule has 1 atom stereocenters. The van der Waals surface area contributed by atoms with E-state index in [9.17, 15) is 19.2 Å². The van der Waals surface area contributed by atoms with Crippen LogP contribution in [0.2, 0.25) is 0 Å². The summed E-state index contributed by atoms with van der Waals surface area (Å²) in [6.45, 7) is 0.985. The van der Waals surface area contributed by atoms with Gasteiger partial charge < -0.3 is 10.4 Å². The van der Waals surface area contributed by atoms with Gasteiger partial charge in [-0.15, -0.1) is 0 Å². The Labute approximate surface area is 188 Å². The number of unbranched alkanes of at least 4 members (excludes halogenated alkanes) is 8. The number of rotatable bonds is 13. The molecule has 8 nitrogen and oxygen atoms in total. The van der Waals surface area contributed by atoms with E-state index in [1.165, 1.54) is 25.7 Å². The molecule has 3 rings (SSSR count). The van der Waals surface area contributed by atoms with Gasteiger partial charge in [-0.1, -0.05) is 51.0 Å². The lowest BCUT2D eigenvalue weighted by Crippen LogP contribution is -2.54. The third kappa shape index (κ3) is 5.73. The summed E-state index contributed by atoms with van der Waals surface area (Å²) in [5.41, 5.74) is 1.22. The Hall–Kier alpha value is -2.74. The number of anilines is 1. The number of amides is 4.